The highest BCUT2D eigenvalue weighted by molar-refractivity contribution is 5.80. The molecular weight excluding hydrogens is 726 g/mol. The number of aliphatic carboxylic acids is 1. The number of carboxylic acids is 1. The van der Waals surface area contributed by atoms with Crippen LogP contribution in [0.4, 0.5) is 0 Å². The number of carbonyl (C=O) groups is 2. The molecule has 0 rings (SSSR count). The maximum atomic E-state index is 11.4. The first-order chi connectivity index (χ1) is 27.2. The van der Waals surface area contributed by atoms with Gasteiger partial charge in [-0.05, 0) is 12.8 Å². The van der Waals surface area contributed by atoms with Crippen LogP contribution in [0.25, 0.3) is 0 Å². The molecule has 0 atom stereocenters. The smallest absolute Gasteiger partial charge is 0.303 e. The first kappa shape index (κ1) is 53.4. The van der Waals surface area contributed by atoms with Crippen molar-refractivity contribution in [2.24, 2.45) is 0 Å². The van der Waals surface area contributed by atoms with Crippen LogP contribution >= 0.6 is 0 Å². The Kier molecular flexibility index (Phi) is 47.2. The Hall–Kier alpha value is -1.58. The lowest BCUT2D eigenvalue weighted by Crippen LogP contribution is -2.25. The number of nitrogens with one attached hydrogen (secondary N) is 1. The average Bonchev–Trinajstić information content (AvgIpc) is 3.18. The third kappa shape index (κ3) is 50.4. The van der Waals surface area contributed by atoms with E-state index in [0.717, 1.165) is 13.0 Å². The Labute approximate surface area is 329 Å². The van der Waals surface area contributed by atoms with Gasteiger partial charge in [-0.1, -0.05) is 32.6 Å². The summed E-state index contributed by atoms with van der Waals surface area (Å²) in [6.45, 7) is 16.1. The Bertz CT molecular complexity index is 770. The Morgan fingerprint density at radius 1 is 0.345 bits per heavy atom. The molecule has 0 unspecified atom stereocenters. The van der Waals surface area contributed by atoms with Gasteiger partial charge in [0, 0.05) is 26.2 Å². The fraction of sp³-hybridized carbons (Fsp3) is 0.947. The van der Waals surface area contributed by atoms with Gasteiger partial charge in [-0.25, -0.2) is 0 Å². The standard InChI is InChI=1S/C38H75NO16/c1-2-3-4-5-6-11-43-13-15-45-17-19-47-21-23-49-25-27-51-29-31-53-33-35-55-36-34-54-32-30-52-28-26-50-24-22-48-20-18-46-16-14-44-12-7-10-39-37(40)8-9-38(41)42/h2-36H2,1H3,(H,39,40)(H,41,42). The van der Waals surface area contributed by atoms with Crippen molar-refractivity contribution in [1.29, 1.82) is 0 Å². The van der Waals surface area contributed by atoms with Gasteiger partial charge in [0.2, 0.25) is 5.91 Å². The van der Waals surface area contributed by atoms with E-state index >= 15 is 0 Å². The summed E-state index contributed by atoms with van der Waals surface area (Å²) in [5.74, 6) is -1.25. The molecule has 17 nitrogen and oxygen atoms in total. The molecule has 0 radical (unpaired) electrons. The van der Waals surface area contributed by atoms with E-state index in [0.29, 0.717) is 178 Å². The number of amides is 1. The van der Waals surface area contributed by atoms with Crippen LogP contribution in [0.5, 0.6) is 0 Å². The monoisotopic (exact) mass is 802 g/mol. The van der Waals surface area contributed by atoms with Crippen molar-refractivity contribution in [3.63, 3.8) is 0 Å². The van der Waals surface area contributed by atoms with Crippen molar-refractivity contribution in [2.45, 2.75) is 58.3 Å². The summed E-state index contributed by atoms with van der Waals surface area (Å²) in [6, 6.07) is 0. The molecule has 0 aromatic carbocycles. The van der Waals surface area contributed by atoms with Crippen LogP contribution in [-0.2, 0) is 71.2 Å². The van der Waals surface area contributed by atoms with Crippen LogP contribution in [0.15, 0.2) is 0 Å². The molecule has 0 aliphatic heterocycles. The van der Waals surface area contributed by atoms with E-state index < -0.39 is 5.97 Å². The maximum absolute atomic E-state index is 11.4. The van der Waals surface area contributed by atoms with Gasteiger partial charge in [0.15, 0.2) is 0 Å². The van der Waals surface area contributed by atoms with Crippen molar-refractivity contribution < 1.29 is 76.3 Å². The molecule has 0 fully saturated rings. The van der Waals surface area contributed by atoms with Crippen molar-refractivity contribution in [3.8, 4) is 0 Å². The molecule has 0 heterocycles. The quantitative estimate of drug-likeness (QED) is 0.0855. The molecule has 0 bridgehead atoms. The Morgan fingerprint density at radius 3 is 0.873 bits per heavy atom. The summed E-state index contributed by atoms with van der Waals surface area (Å²) in [6.07, 6.45) is 6.72. The molecule has 2 N–H and O–H groups in total. The number of carbonyl (C=O) groups excluding carboxylic acids is 1. The lowest BCUT2D eigenvalue weighted by atomic mass is 10.2. The summed E-state index contributed by atoms with van der Waals surface area (Å²) < 4.78 is 71.3. The normalized spacial score (nSPS) is 11.4. The van der Waals surface area contributed by atoms with Crippen molar-refractivity contribution in [3.05, 3.63) is 0 Å². The van der Waals surface area contributed by atoms with Crippen molar-refractivity contribution in [2.75, 3.05) is 178 Å². The highest BCUT2D eigenvalue weighted by Crippen LogP contribution is 2.02. The molecule has 0 saturated heterocycles. The van der Waals surface area contributed by atoms with E-state index in [1.165, 1.54) is 25.7 Å². The van der Waals surface area contributed by atoms with Crippen molar-refractivity contribution >= 4 is 11.9 Å². The van der Waals surface area contributed by atoms with Crippen LogP contribution in [0.2, 0.25) is 0 Å². The molecule has 55 heavy (non-hydrogen) atoms. The summed E-state index contributed by atoms with van der Waals surface area (Å²) in [7, 11) is 0. The molecule has 0 spiro atoms. The lowest BCUT2D eigenvalue weighted by Gasteiger charge is -2.09. The molecule has 0 aromatic heterocycles. The highest BCUT2D eigenvalue weighted by atomic mass is 16.6. The summed E-state index contributed by atoms with van der Waals surface area (Å²) in [5, 5.41) is 11.2. The molecule has 17 heteroatoms. The van der Waals surface area contributed by atoms with E-state index in [2.05, 4.69) is 12.2 Å². The van der Waals surface area contributed by atoms with Gasteiger partial charge < -0.3 is 72.0 Å². The van der Waals surface area contributed by atoms with E-state index in [4.69, 9.17) is 66.7 Å². The molecular formula is C38H75NO16. The van der Waals surface area contributed by atoms with E-state index in [1.54, 1.807) is 0 Å². The third-order valence-electron chi connectivity index (χ3n) is 7.21. The number of carboxylic acid groups (broad SMARTS) is 1. The third-order valence-corrected chi connectivity index (χ3v) is 7.21. The first-order valence-corrected chi connectivity index (χ1v) is 20.2. The maximum Gasteiger partial charge on any atom is 0.303 e. The van der Waals surface area contributed by atoms with Crippen LogP contribution in [-0.4, -0.2) is 195 Å². The topological polar surface area (TPSA) is 186 Å². The number of unbranched alkanes of at least 4 members (excludes halogenated alkanes) is 4. The Morgan fingerprint density at radius 2 is 0.600 bits per heavy atom. The summed E-state index contributed by atoms with van der Waals surface area (Å²) >= 11 is 0. The van der Waals surface area contributed by atoms with Gasteiger partial charge in [-0.2, -0.15) is 0 Å². The zero-order chi connectivity index (χ0) is 39.8. The Balaban J connectivity index is 3.08. The number of rotatable bonds is 49. The predicted octanol–water partition coefficient (Wildman–Crippen LogP) is 2.54. The predicted molar refractivity (Wildman–Crippen MR) is 204 cm³/mol. The zero-order valence-corrected chi connectivity index (χ0v) is 33.8. The average molecular weight is 802 g/mol. The van der Waals surface area contributed by atoms with E-state index in [-0.39, 0.29) is 18.7 Å². The van der Waals surface area contributed by atoms with E-state index in [9.17, 15) is 9.59 Å². The second kappa shape index (κ2) is 48.6. The van der Waals surface area contributed by atoms with Crippen LogP contribution in [0.3, 0.4) is 0 Å². The van der Waals surface area contributed by atoms with Crippen LogP contribution in [0.1, 0.15) is 58.3 Å². The molecule has 1 amide bonds. The molecule has 0 saturated carbocycles. The van der Waals surface area contributed by atoms with Gasteiger partial charge in [-0.3, -0.25) is 9.59 Å². The number of ether oxygens (including phenoxy) is 13. The van der Waals surface area contributed by atoms with Gasteiger partial charge in [0.05, 0.1) is 165 Å². The van der Waals surface area contributed by atoms with E-state index in [1.807, 2.05) is 0 Å². The van der Waals surface area contributed by atoms with Gasteiger partial charge in [-0.15, -0.1) is 0 Å². The minimum atomic E-state index is -0.983. The molecule has 0 aliphatic rings. The number of hydrogen-bond donors (Lipinski definition) is 2. The summed E-state index contributed by atoms with van der Waals surface area (Å²) in [4.78, 5) is 21.8. The second-order valence-corrected chi connectivity index (χ2v) is 12.0. The van der Waals surface area contributed by atoms with Crippen LogP contribution in [0, 0.1) is 0 Å². The fourth-order valence-electron chi connectivity index (χ4n) is 4.26. The van der Waals surface area contributed by atoms with Crippen LogP contribution < -0.4 is 5.32 Å². The number of hydrogen-bond acceptors (Lipinski definition) is 15. The molecule has 0 aromatic rings. The molecule has 328 valence electrons. The fourth-order valence-corrected chi connectivity index (χ4v) is 4.26. The second-order valence-electron chi connectivity index (χ2n) is 12.0. The summed E-state index contributed by atoms with van der Waals surface area (Å²) in [5.41, 5.74) is 0. The van der Waals surface area contributed by atoms with Gasteiger partial charge >= 0.3 is 5.97 Å². The largest absolute Gasteiger partial charge is 0.481 e. The highest BCUT2D eigenvalue weighted by Gasteiger charge is 2.04. The van der Waals surface area contributed by atoms with Crippen molar-refractivity contribution in [1.82, 2.24) is 5.32 Å². The zero-order valence-electron chi connectivity index (χ0n) is 33.8. The lowest BCUT2D eigenvalue weighted by molar-refractivity contribution is -0.138. The minimum Gasteiger partial charge on any atom is -0.481 e. The van der Waals surface area contributed by atoms with Gasteiger partial charge in [0.1, 0.15) is 0 Å². The first-order valence-electron chi connectivity index (χ1n) is 20.2. The SMILES string of the molecule is CCCCCCCOCCOCCOCCOCCOCCOCCOCCOCCOCCOCCOCCOCCOCCCNC(=O)CCC(=O)O. The van der Waals surface area contributed by atoms with Gasteiger partial charge in [0.25, 0.3) is 0 Å². The minimum absolute atomic E-state index is 0.0111. The molecule has 0 aliphatic carbocycles.